The molecule has 0 heterocycles. The van der Waals surface area contributed by atoms with Crippen molar-refractivity contribution in [2.45, 2.75) is 44.9 Å². The zero-order valence-electron chi connectivity index (χ0n) is 17.4. The normalized spacial score (nSPS) is 14.1. The number of aliphatic hydroxyl groups is 1. The summed E-state index contributed by atoms with van der Waals surface area (Å²) in [6, 6.07) is 22.6. The molecular weight excluding hydrogens is 382 g/mol. The van der Waals surface area contributed by atoms with Gasteiger partial charge in [0, 0.05) is 17.1 Å². The molecule has 3 aromatic carbocycles. The van der Waals surface area contributed by atoms with Gasteiger partial charge in [0.1, 0.15) is 0 Å². The molecule has 0 fully saturated rings. The number of hydrogen-bond donors (Lipinski definition) is 2. The van der Waals surface area contributed by atoms with Gasteiger partial charge in [-0.05, 0) is 61.2 Å². The van der Waals surface area contributed by atoms with E-state index in [9.17, 15) is 5.11 Å². The minimum Gasteiger partial charge on any atom is -0.389 e. The van der Waals surface area contributed by atoms with Crippen molar-refractivity contribution in [3.8, 4) is 0 Å². The molecule has 0 aliphatic carbocycles. The summed E-state index contributed by atoms with van der Waals surface area (Å²) in [7, 11) is 0. The summed E-state index contributed by atoms with van der Waals surface area (Å²) in [5.74, 6) is 0. The molecule has 0 aliphatic heterocycles. The Morgan fingerprint density at radius 2 is 1.76 bits per heavy atom. The first-order chi connectivity index (χ1) is 13.8. The molecule has 0 saturated heterocycles. The van der Waals surface area contributed by atoms with E-state index >= 15 is 0 Å². The van der Waals surface area contributed by atoms with Crippen molar-refractivity contribution >= 4 is 22.4 Å². The van der Waals surface area contributed by atoms with Gasteiger partial charge >= 0.3 is 0 Å². The van der Waals surface area contributed by atoms with Gasteiger partial charge in [-0.25, -0.2) is 0 Å². The van der Waals surface area contributed by atoms with Gasteiger partial charge in [0.2, 0.25) is 0 Å². The first kappa shape index (κ1) is 21.8. The van der Waals surface area contributed by atoms with Crippen LogP contribution in [0.3, 0.4) is 0 Å². The SMILES string of the molecule is CC(OC[C@H](O)CNC(C)(C)Cc1ccc2ccccc2c1)c1cccc(Cl)c1. The van der Waals surface area contributed by atoms with E-state index in [1.165, 1.54) is 16.3 Å². The van der Waals surface area contributed by atoms with Crippen LogP contribution in [0.1, 0.15) is 38.0 Å². The van der Waals surface area contributed by atoms with Crippen LogP contribution in [0.2, 0.25) is 5.02 Å². The third kappa shape index (κ3) is 6.55. The van der Waals surface area contributed by atoms with Gasteiger partial charge < -0.3 is 15.2 Å². The fourth-order valence-corrected chi connectivity index (χ4v) is 3.68. The smallest absolute Gasteiger partial charge is 0.0898 e. The second-order valence-corrected chi connectivity index (χ2v) is 8.74. The van der Waals surface area contributed by atoms with Gasteiger partial charge in [0.15, 0.2) is 0 Å². The molecule has 0 bridgehead atoms. The van der Waals surface area contributed by atoms with Crippen molar-refractivity contribution in [1.29, 1.82) is 0 Å². The highest BCUT2D eigenvalue weighted by Crippen LogP contribution is 2.21. The van der Waals surface area contributed by atoms with Crippen LogP contribution in [-0.4, -0.2) is 29.9 Å². The average Bonchev–Trinajstić information content (AvgIpc) is 2.70. The Morgan fingerprint density at radius 3 is 2.52 bits per heavy atom. The van der Waals surface area contributed by atoms with Crippen LogP contribution in [0.25, 0.3) is 10.8 Å². The highest BCUT2D eigenvalue weighted by molar-refractivity contribution is 6.30. The zero-order chi connectivity index (χ0) is 20.9. The van der Waals surface area contributed by atoms with E-state index in [0.29, 0.717) is 11.6 Å². The van der Waals surface area contributed by atoms with E-state index in [4.69, 9.17) is 16.3 Å². The molecule has 2 atom stereocenters. The van der Waals surface area contributed by atoms with Crippen molar-refractivity contribution in [2.24, 2.45) is 0 Å². The number of β-amino-alcohol motifs (C(OH)–C–C–N with tert-alkyl or cyclic N) is 1. The van der Waals surface area contributed by atoms with E-state index in [2.05, 4.69) is 61.6 Å². The summed E-state index contributed by atoms with van der Waals surface area (Å²) in [5.41, 5.74) is 2.15. The molecule has 0 aliphatic rings. The van der Waals surface area contributed by atoms with Crippen LogP contribution in [-0.2, 0) is 11.2 Å². The minimum absolute atomic E-state index is 0.117. The van der Waals surface area contributed by atoms with Gasteiger partial charge in [-0.15, -0.1) is 0 Å². The summed E-state index contributed by atoms with van der Waals surface area (Å²) in [5, 5.41) is 17.0. The monoisotopic (exact) mass is 411 g/mol. The lowest BCUT2D eigenvalue weighted by Crippen LogP contribution is -2.46. The Morgan fingerprint density at radius 1 is 1.00 bits per heavy atom. The Hall–Kier alpha value is -1.91. The Bertz CT molecular complexity index is 941. The molecule has 0 radical (unpaired) electrons. The van der Waals surface area contributed by atoms with Gasteiger partial charge in [-0.1, -0.05) is 66.2 Å². The zero-order valence-corrected chi connectivity index (χ0v) is 18.1. The number of fused-ring (bicyclic) bond motifs is 1. The van der Waals surface area contributed by atoms with Crippen LogP contribution in [0.15, 0.2) is 66.7 Å². The van der Waals surface area contributed by atoms with Crippen molar-refractivity contribution in [1.82, 2.24) is 5.32 Å². The molecule has 3 rings (SSSR count). The Labute approximate surface area is 178 Å². The molecule has 3 aromatic rings. The van der Waals surface area contributed by atoms with Gasteiger partial charge in [0.05, 0.1) is 18.8 Å². The Kier molecular flexibility index (Phi) is 7.31. The minimum atomic E-state index is -0.576. The van der Waals surface area contributed by atoms with Gasteiger partial charge in [-0.2, -0.15) is 0 Å². The molecule has 2 N–H and O–H groups in total. The number of hydrogen-bond acceptors (Lipinski definition) is 3. The third-order valence-corrected chi connectivity index (χ3v) is 5.37. The fourth-order valence-electron chi connectivity index (χ4n) is 3.49. The molecule has 0 saturated carbocycles. The second-order valence-electron chi connectivity index (χ2n) is 8.31. The predicted octanol–water partition coefficient (Wildman–Crippen LogP) is 5.54. The molecule has 4 heteroatoms. The van der Waals surface area contributed by atoms with E-state index in [0.717, 1.165) is 12.0 Å². The molecule has 154 valence electrons. The van der Waals surface area contributed by atoms with E-state index in [1.54, 1.807) is 0 Å². The van der Waals surface area contributed by atoms with Crippen LogP contribution in [0.4, 0.5) is 0 Å². The van der Waals surface area contributed by atoms with E-state index < -0.39 is 6.10 Å². The lowest BCUT2D eigenvalue weighted by atomic mass is 9.93. The Balaban J connectivity index is 1.48. The molecule has 0 spiro atoms. The molecule has 1 unspecified atom stereocenters. The summed E-state index contributed by atoms with van der Waals surface area (Å²) >= 11 is 6.04. The quantitative estimate of drug-likeness (QED) is 0.485. The molecular formula is C25H30ClNO2. The number of rotatable bonds is 9. The molecule has 3 nitrogen and oxygen atoms in total. The summed E-state index contributed by atoms with van der Waals surface area (Å²) in [6.45, 7) is 7.03. The molecule has 0 aromatic heterocycles. The second kappa shape index (κ2) is 9.73. The maximum atomic E-state index is 10.4. The first-order valence-corrected chi connectivity index (χ1v) is 10.5. The first-order valence-electron chi connectivity index (χ1n) is 10.1. The fraction of sp³-hybridized carbons (Fsp3) is 0.360. The number of ether oxygens (including phenoxy) is 1. The van der Waals surface area contributed by atoms with Gasteiger partial charge in [0.25, 0.3) is 0 Å². The van der Waals surface area contributed by atoms with Crippen LogP contribution in [0, 0.1) is 0 Å². The van der Waals surface area contributed by atoms with Gasteiger partial charge in [-0.3, -0.25) is 0 Å². The lowest BCUT2D eigenvalue weighted by molar-refractivity contribution is -0.00417. The predicted molar refractivity (Wildman–Crippen MR) is 122 cm³/mol. The largest absolute Gasteiger partial charge is 0.389 e. The molecule has 0 amide bonds. The number of benzene rings is 3. The van der Waals surface area contributed by atoms with Crippen LogP contribution >= 0.6 is 11.6 Å². The van der Waals surface area contributed by atoms with Crippen molar-refractivity contribution in [3.05, 3.63) is 82.9 Å². The highest BCUT2D eigenvalue weighted by Gasteiger charge is 2.20. The standard InChI is InChI=1S/C25H30ClNO2/c1-18(21-9-6-10-23(26)14-21)29-17-24(28)16-27-25(2,3)15-19-11-12-20-7-4-5-8-22(20)13-19/h4-14,18,24,27-28H,15-17H2,1-3H3/t18?,24-/m1/s1. The third-order valence-electron chi connectivity index (χ3n) is 5.13. The van der Waals surface area contributed by atoms with Crippen molar-refractivity contribution < 1.29 is 9.84 Å². The van der Waals surface area contributed by atoms with Crippen LogP contribution < -0.4 is 5.32 Å². The summed E-state index contributed by atoms with van der Waals surface area (Å²) < 4.78 is 5.83. The number of aliphatic hydroxyl groups excluding tert-OH is 1. The van der Waals surface area contributed by atoms with E-state index in [1.807, 2.05) is 31.2 Å². The maximum Gasteiger partial charge on any atom is 0.0898 e. The highest BCUT2D eigenvalue weighted by atomic mass is 35.5. The van der Waals surface area contributed by atoms with Crippen molar-refractivity contribution in [3.63, 3.8) is 0 Å². The average molecular weight is 412 g/mol. The molecule has 29 heavy (non-hydrogen) atoms. The summed E-state index contributed by atoms with van der Waals surface area (Å²) in [6.07, 6.45) is 0.186. The van der Waals surface area contributed by atoms with Crippen molar-refractivity contribution in [2.75, 3.05) is 13.2 Å². The van der Waals surface area contributed by atoms with Crippen LogP contribution in [0.5, 0.6) is 0 Å². The topological polar surface area (TPSA) is 41.5 Å². The van der Waals surface area contributed by atoms with E-state index in [-0.39, 0.29) is 18.2 Å². The maximum absolute atomic E-state index is 10.4. The number of halogens is 1. The number of nitrogens with one attached hydrogen (secondary N) is 1. The summed E-state index contributed by atoms with van der Waals surface area (Å²) in [4.78, 5) is 0. The lowest BCUT2D eigenvalue weighted by Gasteiger charge is -2.28.